The van der Waals surface area contributed by atoms with Crippen molar-refractivity contribution >= 4 is 14.4 Å². The number of carbonyl (C=O) groups is 1. The van der Waals surface area contributed by atoms with Crippen LogP contribution in [-0.2, 0) is 9.36 Å². The van der Waals surface area contributed by atoms with Crippen LogP contribution in [0.1, 0.15) is 0 Å². The minimum absolute atomic E-state index is 0.552. The molecule has 0 fully saturated rings. The molecular formula is C3H7N2O3P. The van der Waals surface area contributed by atoms with Crippen LogP contribution in [0, 0.1) is 0 Å². The summed E-state index contributed by atoms with van der Waals surface area (Å²) in [4.78, 5) is 10.1. The van der Waals surface area contributed by atoms with Crippen LogP contribution in [0.2, 0.25) is 0 Å². The van der Waals surface area contributed by atoms with Crippen molar-refractivity contribution in [2.75, 3.05) is 0 Å². The fourth-order valence-electron chi connectivity index (χ4n) is 0.283. The van der Waals surface area contributed by atoms with Crippen LogP contribution in [0.3, 0.4) is 0 Å². The maximum absolute atomic E-state index is 10.1. The summed E-state index contributed by atoms with van der Waals surface area (Å²) in [6.45, 7) is 0. The molecule has 2 atom stereocenters. The summed E-state index contributed by atoms with van der Waals surface area (Å²) < 4.78 is 9.94. The fraction of sp³-hybridized carbons (Fsp3) is 0.667. The Morgan fingerprint density at radius 1 is 1.67 bits per heavy atom. The van der Waals surface area contributed by atoms with E-state index in [0.717, 1.165) is 0 Å². The minimum Gasteiger partial charge on any atom is -0.377 e. The number of amides is 1. The molecule has 0 saturated heterocycles. The third kappa shape index (κ3) is 2.51. The first-order valence-electron chi connectivity index (χ1n) is 2.15. The van der Waals surface area contributed by atoms with E-state index in [1.165, 1.54) is 0 Å². The molecule has 0 aliphatic heterocycles. The van der Waals surface area contributed by atoms with E-state index in [1.807, 2.05) is 0 Å². The Hall–Kier alpha value is -0.510. The zero-order valence-corrected chi connectivity index (χ0v) is 5.41. The smallest absolute Gasteiger partial charge is 0.236 e. The van der Waals surface area contributed by atoms with Gasteiger partial charge in [-0.05, 0) is 0 Å². The van der Waals surface area contributed by atoms with E-state index in [1.54, 1.807) is 0 Å². The Balaban J connectivity index is 3.98. The second-order valence-corrected chi connectivity index (χ2v) is 2.21. The van der Waals surface area contributed by atoms with Gasteiger partial charge in [-0.2, -0.15) is 0 Å². The summed E-state index contributed by atoms with van der Waals surface area (Å²) in [6.07, 6.45) is -1.44. The van der Waals surface area contributed by atoms with Gasteiger partial charge in [0.1, 0.15) is 6.23 Å². The molecule has 0 radical (unpaired) electrons. The number of primary amides is 1. The molecule has 9 heavy (non-hydrogen) atoms. The Morgan fingerprint density at radius 2 is 2.11 bits per heavy atom. The molecule has 0 aromatic carbocycles. The van der Waals surface area contributed by atoms with E-state index in [0.29, 0.717) is 0 Å². The quantitative estimate of drug-likeness (QED) is 0.333. The standard InChI is InChI=1S/C3H7N2O3P/c4-2(6)1(9-8)3(5)7/h1-2,6H,4H2,(H2,5,7). The van der Waals surface area contributed by atoms with Crippen LogP contribution < -0.4 is 11.5 Å². The number of aliphatic hydroxyl groups excluding tert-OH is 1. The molecule has 52 valence electrons. The van der Waals surface area contributed by atoms with Crippen LogP contribution >= 0.6 is 8.46 Å². The van der Waals surface area contributed by atoms with Crippen LogP contribution in [0.5, 0.6) is 0 Å². The van der Waals surface area contributed by atoms with Crippen LogP contribution in [0.4, 0.5) is 0 Å². The van der Waals surface area contributed by atoms with Gasteiger partial charge in [-0.25, -0.2) is 0 Å². The maximum Gasteiger partial charge on any atom is 0.236 e. The van der Waals surface area contributed by atoms with Crippen LogP contribution in [-0.4, -0.2) is 22.9 Å². The second-order valence-electron chi connectivity index (χ2n) is 1.44. The summed E-state index contributed by atoms with van der Waals surface area (Å²) in [5.41, 5.74) is 8.27. The van der Waals surface area contributed by atoms with Crippen molar-refractivity contribution in [2.24, 2.45) is 11.5 Å². The second kappa shape index (κ2) is 3.50. The number of hydrogen-bond donors (Lipinski definition) is 3. The monoisotopic (exact) mass is 150 g/mol. The third-order valence-corrected chi connectivity index (χ3v) is 1.52. The lowest BCUT2D eigenvalue weighted by Crippen LogP contribution is -2.40. The molecule has 0 aliphatic carbocycles. The van der Waals surface area contributed by atoms with Crippen molar-refractivity contribution in [3.63, 3.8) is 0 Å². The topological polar surface area (TPSA) is 106 Å². The maximum atomic E-state index is 10.1. The van der Waals surface area contributed by atoms with E-state index in [4.69, 9.17) is 10.8 Å². The Morgan fingerprint density at radius 3 is 2.11 bits per heavy atom. The van der Waals surface area contributed by atoms with E-state index in [-0.39, 0.29) is 0 Å². The van der Waals surface area contributed by atoms with Gasteiger partial charge < -0.3 is 16.6 Å². The first-order valence-corrected chi connectivity index (χ1v) is 3.03. The fourth-order valence-corrected chi connectivity index (χ4v) is 0.511. The van der Waals surface area contributed by atoms with Gasteiger partial charge >= 0.3 is 0 Å². The Kier molecular flexibility index (Phi) is 3.30. The molecule has 5 N–H and O–H groups in total. The van der Waals surface area contributed by atoms with Crippen molar-refractivity contribution < 1.29 is 14.5 Å². The highest BCUT2D eigenvalue weighted by atomic mass is 31.1. The number of rotatable bonds is 3. The molecule has 1 amide bonds. The molecule has 0 heterocycles. The zero-order valence-electron chi connectivity index (χ0n) is 4.52. The summed E-state index contributed by atoms with van der Waals surface area (Å²) in [5, 5.41) is 8.45. The molecule has 0 spiro atoms. The first kappa shape index (κ1) is 8.49. The molecule has 0 aromatic heterocycles. The molecule has 5 nitrogen and oxygen atoms in total. The van der Waals surface area contributed by atoms with Gasteiger partial charge in [0, 0.05) is 0 Å². The van der Waals surface area contributed by atoms with Gasteiger partial charge in [-0.3, -0.25) is 9.36 Å². The summed E-state index contributed by atoms with van der Waals surface area (Å²) >= 11 is 0. The van der Waals surface area contributed by atoms with Crippen LogP contribution in [0.15, 0.2) is 0 Å². The minimum atomic E-state index is -1.44. The number of hydrogen-bond acceptors (Lipinski definition) is 4. The van der Waals surface area contributed by atoms with E-state index >= 15 is 0 Å². The zero-order chi connectivity index (χ0) is 7.44. The molecule has 0 aliphatic rings. The SMILES string of the molecule is NC(=O)C(P=O)C(N)O. The van der Waals surface area contributed by atoms with Gasteiger partial charge in [-0.15, -0.1) is 0 Å². The molecule has 0 aromatic rings. The van der Waals surface area contributed by atoms with Gasteiger partial charge in [0.15, 0.2) is 14.1 Å². The highest BCUT2D eigenvalue weighted by molar-refractivity contribution is 7.26. The number of nitrogens with two attached hydrogens (primary N) is 2. The van der Waals surface area contributed by atoms with Crippen molar-refractivity contribution in [3.8, 4) is 0 Å². The van der Waals surface area contributed by atoms with Crippen molar-refractivity contribution in [3.05, 3.63) is 0 Å². The Labute approximate surface area is 53.2 Å². The van der Waals surface area contributed by atoms with E-state index < -0.39 is 26.3 Å². The highest BCUT2D eigenvalue weighted by Gasteiger charge is 2.21. The third-order valence-electron chi connectivity index (χ3n) is 0.729. The predicted octanol–water partition coefficient (Wildman–Crippen LogP) is -1.59. The highest BCUT2D eigenvalue weighted by Crippen LogP contribution is 2.06. The largest absolute Gasteiger partial charge is 0.377 e. The molecule has 0 bridgehead atoms. The predicted molar refractivity (Wildman–Crippen MR) is 30.8 cm³/mol. The van der Waals surface area contributed by atoms with Gasteiger partial charge in [-0.1, -0.05) is 0 Å². The van der Waals surface area contributed by atoms with Gasteiger partial charge in [0.05, 0.1) is 0 Å². The van der Waals surface area contributed by atoms with Crippen molar-refractivity contribution in [1.29, 1.82) is 0 Å². The molecule has 0 saturated carbocycles. The van der Waals surface area contributed by atoms with E-state index in [2.05, 4.69) is 5.73 Å². The summed E-state index contributed by atoms with van der Waals surface area (Å²) in [7, 11) is -0.552. The van der Waals surface area contributed by atoms with Crippen LogP contribution in [0.25, 0.3) is 0 Å². The normalized spacial score (nSPS) is 17.1. The van der Waals surface area contributed by atoms with Gasteiger partial charge in [0.2, 0.25) is 5.91 Å². The molecule has 0 rings (SSSR count). The lowest BCUT2D eigenvalue weighted by atomic mass is 10.4. The molecule has 2 unspecified atom stereocenters. The summed E-state index contributed by atoms with van der Waals surface area (Å²) in [5.74, 6) is -0.873. The molecular weight excluding hydrogens is 143 g/mol. The lowest BCUT2D eigenvalue weighted by Gasteiger charge is -2.05. The van der Waals surface area contributed by atoms with Crippen molar-refractivity contribution in [1.82, 2.24) is 0 Å². The Bertz CT molecular complexity index is 126. The van der Waals surface area contributed by atoms with Gasteiger partial charge in [0.25, 0.3) is 0 Å². The average molecular weight is 150 g/mol. The summed E-state index contributed by atoms with van der Waals surface area (Å²) in [6, 6.07) is 0. The average Bonchev–Trinajstić information content (AvgIpc) is 1.64. The van der Waals surface area contributed by atoms with Crippen molar-refractivity contribution in [2.45, 2.75) is 11.9 Å². The first-order chi connectivity index (χ1) is 4.09. The van der Waals surface area contributed by atoms with E-state index in [9.17, 15) is 9.36 Å². The number of aliphatic hydroxyl groups is 1. The number of carbonyl (C=O) groups excluding carboxylic acids is 1. The lowest BCUT2D eigenvalue weighted by molar-refractivity contribution is -0.119. The molecule has 6 heteroatoms.